The first kappa shape index (κ1) is 8.50. The fourth-order valence-electron chi connectivity index (χ4n) is 2.09. The maximum absolute atomic E-state index is 11.4. The second-order valence-corrected chi connectivity index (χ2v) is 3.74. The fraction of sp³-hybridized carbons (Fsp3) is 0.750. The summed E-state index contributed by atoms with van der Waals surface area (Å²) in [5.41, 5.74) is -0.825. The number of nitrogens with one attached hydrogen (secondary N) is 2. The molecule has 0 radical (unpaired) electrons. The third kappa shape index (κ3) is 1.29. The predicted octanol–water partition coefficient (Wildman–Crippen LogP) is -0.501. The van der Waals surface area contributed by atoms with Crippen LogP contribution in [0.2, 0.25) is 0 Å². The van der Waals surface area contributed by atoms with Gasteiger partial charge in [0.15, 0.2) is 0 Å². The molecule has 0 aromatic carbocycles. The highest BCUT2D eigenvalue weighted by Gasteiger charge is 2.48. The van der Waals surface area contributed by atoms with E-state index in [1.807, 2.05) is 0 Å². The molecule has 1 heterocycles. The van der Waals surface area contributed by atoms with Crippen molar-refractivity contribution < 1.29 is 14.7 Å². The molecular weight excluding hydrogens is 172 g/mol. The zero-order valence-electron chi connectivity index (χ0n) is 7.17. The van der Waals surface area contributed by atoms with Crippen molar-refractivity contribution in [2.75, 3.05) is 0 Å². The Morgan fingerprint density at radius 2 is 2.23 bits per heavy atom. The standard InChI is InChI=1S/C8H12N2O3/c11-5-2-1-3-8(4-5)6(12)9-7(13)10-8/h5,11H,1-4H2,(H2,9,10,12,13)/t5-,8-/m0/s1. The minimum atomic E-state index is -0.825. The van der Waals surface area contributed by atoms with Crippen LogP contribution in [0.25, 0.3) is 0 Å². The molecule has 3 amide bonds. The predicted molar refractivity (Wildman–Crippen MR) is 43.9 cm³/mol. The van der Waals surface area contributed by atoms with Gasteiger partial charge in [-0.05, 0) is 19.3 Å². The van der Waals surface area contributed by atoms with Crippen molar-refractivity contribution >= 4 is 11.9 Å². The molecule has 5 heteroatoms. The number of amides is 3. The lowest BCUT2D eigenvalue weighted by Gasteiger charge is -2.32. The molecular formula is C8H12N2O3. The zero-order chi connectivity index (χ0) is 9.47. The number of hydrogen-bond acceptors (Lipinski definition) is 3. The van der Waals surface area contributed by atoms with E-state index < -0.39 is 17.7 Å². The minimum Gasteiger partial charge on any atom is -0.393 e. The maximum atomic E-state index is 11.4. The van der Waals surface area contributed by atoms with Crippen LogP contribution in [0.1, 0.15) is 25.7 Å². The van der Waals surface area contributed by atoms with Gasteiger partial charge in [0.25, 0.3) is 5.91 Å². The SMILES string of the molecule is O=C1NC(=O)[C@@]2(CCC[C@H](O)C2)N1. The Morgan fingerprint density at radius 3 is 2.77 bits per heavy atom. The highest BCUT2D eigenvalue weighted by atomic mass is 16.3. The molecule has 1 saturated carbocycles. The lowest BCUT2D eigenvalue weighted by Crippen LogP contribution is -2.51. The summed E-state index contributed by atoms with van der Waals surface area (Å²) >= 11 is 0. The Hall–Kier alpha value is -1.10. The van der Waals surface area contributed by atoms with E-state index in [1.165, 1.54) is 0 Å². The molecule has 13 heavy (non-hydrogen) atoms. The molecule has 0 aromatic rings. The smallest absolute Gasteiger partial charge is 0.322 e. The van der Waals surface area contributed by atoms with E-state index in [-0.39, 0.29) is 5.91 Å². The molecule has 1 saturated heterocycles. The lowest BCUT2D eigenvalue weighted by atomic mass is 9.80. The number of rotatable bonds is 0. The van der Waals surface area contributed by atoms with Crippen molar-refractivity contribution in [2.45, 2.75) is 37.3 Å². The van der Waals surface area contributed by atoms with Gasteiger partial charge < -0.3 is 10.4 Å². The van der Waals surface area contributed by atoms with Gasteiger partial charge in [0.05, 0.1) is 6.10 Å². The van der Waals surface area contributed by atoms with Crippen molar-refractivity contribution in [1.82, 2.24) is 10.6 Å². The number of aliphatic hydroxyl groups is 1. The van der Waals surface area contributed by atoms with Gasteiger partial charge in [0, 0.05) is 6.42 Å². The topological polar surface area (TPSA) is 78.4 Å². The fourth-order valence-corrected chi connectivity index (χ4v) is 2.09. The highest BCUT2D eigenvalue weighted by Crippen LogP contribution is 2.30. The Labute approximate surface area is 75.5 Å². The normalized spacial score (nSPS) is 39.0. The summed E-state index contributed by atoms with van der Waals surface area (Å²) in [5.74, 6) is -0.295. The van der Waals surface area contributed by atoms with Crippen molar-refractivity contribution in [3.63, 3.8) is 0 Å². The molecule has 72 valence electrons. The largest absolute Gasteiger partial charge is 0.393 e. The average Bonchev–Trinajstić information content (AvgIpc) is 2.26. The molecule has 2 aliphatic rings. The Kier molecular flexibility index (Phi) is 1.76. The van der Waals surface area contributed by atoms with E-state index >= 15 is 0 Å². The van der Waals surface area contributed by atoms with Crippen molar-refractivity contribution in [3.05, 3.63) is 0 Å². The van der Waals surface area contributed by atoms with Gasteiger partial charge >= 0.3 is 6.03 Å². The summed E-state index contributed by atoms with van der Waals surface area (Å²) in [7, 11) is 0. The molecule has 2 fully saturated rings. The van der Waals surface area contributed by atoms with Gasteiger partial charge in [-0.3, -0.25) is 10.1 Å². The zero-order valence-corrected chi connectivity index (χ0v) is 7.17. The minimum absolute atomic E-state index is 0.295. The molecule has 1 aliphatic heterocycles. The summed E-state index contributed by atoms with van der Waals surface area (Å²) in [6.45, 7) is 0. The van der Waals surface area contributed by atoms with Crippen LogP contribution in [-0.4, -0.2) is 28.7 Å². The molecule has 0 bridgehead atoms. The van der Waals surface area contributed by atoms with E-state index in [9.17, 15) is 14.7 Å². The van der Waals surface area contributed by atoms with Gasteiger partial charge in [0.1, 0.15) is 5.54 Å². The molecule has 5 nitrogen and oxygen atoms in total. The lowest BCUT2D eigenvalue weighted by molar-refractivity contribution is -0.126. The first-order valence-corrected chi connectivity index (χ1v) is 4.44. The molecule has 1 spiro atoms. The molecule has 2 rings (SSSR count). The maximum Gasteiger partial charge on any atom is 0.322 e. The van der Waals surface area contributed by atoms with Crippen LogP contribution in [0.5, 0.6) is 0 Å². The monoisotopic (exact) mass is 184 g/mol. The Morgan fingerprint density at radius 1 is 1.46 bits per heavy atom. The first-order valence-electron chi connectivity index (χ1n) is 4.44. The van der Waals surface area contributed by atoms with Crippen LogP contribution in [-0.2, 0) is 4.79 Å². The molecule has 1 aliphatic carbocycles. The number of carbonyl (C=O) groups is 2. The van der Waals surface area contributed by atoms with Crippen molar-refractivity contribution in [3.8, 4) is 0 Å². The first-order chi connectivity index (χ1) is 6.12. The third-order valence-corrected chi connectivity index (χ3v) is 2.74. The van der Waals surface area contributed by atoms with Gasteiger partial charge in [-0.15, -0.1) is 0 Å². The van der Waals surface area contributed by atoms with Crippen LogP contribution < -0.4 is 10.6 Å². The Bertz CT molecular complexity index is 266. The summed E-state index contributed by atoms with van der Waals surface area (Å²) < 4.78 is 0. The molecule has 2 atom stereocenters. The van der Waals surface area contributed by atoms with E-state index in [0.717, 1.165) is 6.42 Å². The molecule has 0 unspecified atom stereocenters. The van der Waals surface area contributed by atoms with Crippen molar-refractivity contribution in [2.24, 2.45) is 0 Å². The number of urea groups is 1. The van der Waals surface area contributed by atoms with Gasteiger partial charge in [0.2, 0.25) is 0 Å². The molecule has 3 N–H and O–H groups in total. The van der Waals surface area contributed by atoms with E-state index in [1.54, 1.807) is 0 Å². The summed E-state index contributed by atoms with van der Waals surface area (Å²) in [4.78, 5) is 22.3. The van der Waals surface area contributed by atoms with Gasteiger partial charge in [-0.2, -0.15) is 0 Å². The van der Waals surface area contributed by atoms with Crippen LogP contribution in [0.3, 0.4) is 0 Å². The summed E-state index contributed by atoms with van der Waals surface area (Å²) in [6.07, 6.45) is 1.98. The quantitative estimate of drug-likeness (QED) is 0.444. The van der Waals surface area contributed by atoms with E-state index in [4.69, 9.17) is 0 Å². The number of carbonyl (C=O) groups excluding carboxylic acids is 2. The highest BCUT2D eigenvalue weighted by molar-refractivity contribution is 6.07. The van der Waals surface area contributed by atoms with Gasteiger partial charge in [-0.25, -0.2) is 4.79 Å². The second-order valence-electron chi connectivity index (χ2n) is 3.74. The number of imide groups is 1. The average molecular weight is 184 g/mol. The Balaban J connectivity index is 2.19. The summed E-state index contributed by atoms with van der Waals surface area (Å²) in [6, 6.07) is -0.445. The molecule has 0 aromatic heterocycles. The number of aliphatic hydroxyl groups excluding tert-OH is 1. The third-order valence-electron chi connectivity index (χ3n) is 2.74. The van der Waals surface area contributed by atoms with E-state index in [0.29, 0.717) is 19.3 Å². The van der Waals surface area contributed by atoms with Crippen LogP contribution in [0, 0.1) is 0 Å². The van der Waals surface area contributed by atoms with E-state index in [2.05, 4.69) is 10.6 Å². The second kappa shape index (κ2) is 2.70. The van der Waals surface area contributed by atoms with Crippen molar-refractivity contribution in [1.29, 1.82) is 0 Å². The number of hydrogen-bond donors (Lipinski definition) is 3. The summed E-state index contributed by atoms with van der Waals surface area (Å²) in [5, 5.41) is 14.2. The van der Waals surface area contributed by atoms with Crippen LogP contribution in [0.15, 0.2) is 0 Å². The van der Waals surface area contributed by atoms with Gasteiger partial charge in [-0.1, -0.05) is 0 Å². The van der Waals surface area contributed by atoms with Crippen LogP contribution in [0.4, 0.5) is 4.79 Å². The van der Waals surface area contributed by atoms with Crippen LogP contribution >= 0.6 is 0 Å².